The molecule has 8 nitrogen and oxygen atoms in total. The summed E-state index contributed by atoms with van der Waals surface area (Å²) in [5.74, 6) is -1.33. The summed E-state index contributed by atoms with van der Waals surface area (Å²) in [6.45, 7) is 8.81. The van der Waals surface area contributed by atoms with Gasteiger partial charge < -0.3 is 14.5 Å². The number of nitrogens with zero attached hydrogens (tertiary/aromatic N) is 3. The first-order valence-corrected chi connectivity index (χ1v) is 15.7. The molecular weight excluding hydrogens is 546 g/mol. The summed E-state index contributed by atoms with van der Waals surface area (Å²) in [6.07, 6.45) is 0. The van der Waals surface area contributed by atoms with E-state index in [2.05, 4.69) is 36.9 Å². The Morgan fingerprint density at radius 2 is 1.57 bits per heavy atom. The number of carbonyl (C=O) groups is 2. The number of ether oxygens (including phenoxy) is 1. The topological polar surface area (TPSA) is 87.2 Å². The normalized spacial score (nSPS) is 20.1. The van der Waals surface area contributed by atoms with Gasteiger partial charge in [-0.1, -0.05) is 36.4 Å². The lowest BCUT2D eigenvalue weighted by Crippen LogP contribution is -2.51. The number of carbonyl (C=O) groups excluding carboxylic acids is 2. The van der Waals surface area contributed by atoms with Crippen LogP contribution in [0.3, 0.4) is 0 Å². The molecule has 2 saturated heterocycles. The fourth-order valence-corrected chi connectivity index (χ4v) is 8.88. The minimum Gasteiger partial charge on any atom is -0.465 e. The number of hydrogen-bond acceptors (Lipinski definition) is 7. The number of piperazine rings is 1. The Labute approximate surface area is 240 Å². The molecule has 40 heavy (non-hydrogen) atoms. The maximum absolute atomic E-state index is 14.0. The zero-order valence-corrected chi connectivity index (χ0v) is 24.9. The standard InChI is InChI=1S/C30H35N3O5S2/c1-20-10-11-24(16-21(20)2)31-12-14-32(15-13-31)28(34)26-19-33(18-25(26)23-8-6-5-7-9-23)40(36,37)30-22(3)17-27(39-30)29(35)38-4/h5-11,16-17,25-26H,12-15,18-19H2,1-4H3/t25-,26+/m0/s1. The highest BCUT2D eigenvalue weighted by Crippen LogP contribution is 2.39. The van der Waals surface area contributed by atoms with E-state index in [4.69, 9.17) is 4.74 Å². The van der Waals surface area contributed by atoms with Crippen molar-refractivity contribution in [1.29, 1.82) is 0 Å². The molecule has 5 rings (SSSR count). The molecule has 2 fully saturated rings. The van der Waals surface area contributed by atoms with Crippen molar-refractivity contribution in [3.8, 4) is 0 Å². The molecule has 3 heterocycles. The van der Waals surface area contributed by atoms with E-state index in [1.165, 1.54) is 22.5 Å². The van der Waals surface area contributed by atoms with Crippen LogP contribution in [0.1, 0.15) is 37.8 Å². The summed E-state index contributed by atoms with van der Waals surface area (Å²) < 4.78 is 33.9. The van der Waals surface area contributed by atoms with Gasteiger partial charge in [-0.2, -0.15) is 4.31 Å². The number of esters is 1. The number of hydrogen-bond donors (Lipinski definition) is 0. The Bertz CT molecular complexity index is 1510. The smallest absolute Gasteiger partial charge is 0.348 e. The summed E-state index contributed by atoms with van der Waals surface area (Å²) in [4.78, 5) is 30.4. The quantitative estimate of drug-likeness (QED) is 0.406. The van der Waals surface area contributed by atoms with Gasteiger partial charge in [-0.3, -0.25) is 4.79 Å². The summed E-state index contributed by atoms with van der Waals surface area (Å²) in [7, 11) is -2.64. The van der Waals surface area contributed by atoms with Crippen LogP contribution in [0.15, 0.2) is 58.8 Å². The summed E-state index contributed by atoms with van der Waals surface area (Å²) in [5.41, 5.74) is 5.11. The molecule has 0 N–H and O–H groups in total. The van der Waals surface area contributed by atoms with Crippen molar-refractivity contribution in [3.05, 3.63) is 81.7 Å². The van der Waals surface area contributed by atoms with Crippen LogP contribution in [0, 0.1) is 26.7 Å². The number of aryl methyl sites for hydroxylation is 3. The highest BCUT2D eigenvalue weighted by Gasteiger charge is 2.46. The van der Waals surface area contributed by atoms with Crippen molar-refractivity contribution in [1.82, 2.24) is 9.21 Å². The average molecular weight is 582 g/mol. The van der Waals surface area contributed by atoms with Crippen LogP contribution in [0.2, 0.25) is 0 Å². The zero-order chi connectivity index (χ0) is 28.6. The summed E-state index contributed by atoms with van der Waals surface area (Å²) in [6, 6.07) is 17.7. The Kier molecular flexibility index (Phi) is 8.03. The number of anilines is 1. The molecular formula is C30H35N3O5S2. The van der Waals surface area contributed by atoms with Crippen LogP contribution >= 0.6 is 11.3 Å². The molecule has 2 atom stereocenters. The van der Waals surface area contributed by atoms with Crippen LogP contribution in [0.4, 0.5) is 5.69 Å². The molecule has 0 saturated carbocycles. The Morgan fingerprint density at radius 1 is 0.875 bits per heavy atom. The van der Waals surface area contributed by atoms with Gasteiger partial charge in [0, 0.05) is 50.9 Å². The molecule has 10 heteroatoms. The van der Waals surface area contributed by atoms with E-state index >= 15 is 0 Å². The second-order valence-corrected chi connectivity index (χ2v) is 13.8. The van der Waals surface area contributed by atoms with E-state index in [1.807, 2.05) is 35.2 Å². The fourth-order valence-electron chi connectivity index (χ4n) is 5.63. The third-order valence-corrected chi connectivity index (χ3v) is 11.8. The van der Waals surface area contributed by atoms with Crippen molar-refractivity contribution in [2.75, 3.05) is 51.3 Å². The van der Waals surface area contributed by atoms with Crippen LogP contribution in [-0.2, 0) is 19.6 Å². The molecule has 0 aliphatic carbocycles. The number of rotatable bonds is 6. The number of benzene rings is 2. The first kappa shape index (κ1) is 28.3. The van der Waals surface area contributed by atoms with E-state index < -0.39 is 21.9 Å². The van der Waals surface area contributed by atoms with Crippen LogP contribution in [0.25, 0.3) is 0 Å². The minimum atomic E-state index is -3.92. The monoisotopic (exact) mass is 581 g/mol. The van der Waals surface area contributed by atoms with Crippen molar-refractivity contribution in [2.24, 2.45) is 5.92 Å². The van der Waals surface area contributed by atoms with Crippen LogP contribution in [0.5, 0.6) is 0 Å². The third-order valence-electron chi connectivity index (χ3n) is 8.11. The first-order valence-electron chi connectivity index (χ1n) is 13.4. The van der Waals surface area contributed by atoms with Gasteiger partial charge in [-0.25, -0.2) is 13.2 Å². The van der Waals surface area contributed by atoms with E-state index in [1.54, 1.807) is 13.0 Å². The SMILES string of the molecule is COC(=O)c1cc(C)c(S(=O)(=O)N2C[C@@H](C(=O)N3CCN(c4ccc(C)c(C)c4)CC3)[C@H](c3ccccc3)C2)s1. The maximum atomic E-state index is 14.0. The summed E-state index contributed by atoms with van der Waals surface area (Å²) >= 11 is 0.916. The largest absolute Gasteiger partial charge is 0.465 e. The van der Waals surface area contributed by atoms with Gasteiger partial charge in [-0.05, 0) is 61.2 Å². The lowest BCUT2D eigenvalue weighted by atomic mass is 9.88. The predicted molar refractivity (Wildman–Crippen MR) is 157 cm³/mol. The molecule has 0 unspecified atom stereocenters. The second kappa shape index (κ2) is 11.3. The molecule has 0 bridgehead atoms. The van der Waals surface area contributed by atoms with Gasteiger partial charge in [0.1, 0.15) is 9.09 Å². The van der Waals surface area contributed by atoms with Gasteiger partial charge >= 0.3 is 5.97 Å². The molecule has 2 aliphatic heterocycles. The molecule has 3 aromatic rings. The predicted octanol–water partition coefficient (Wildman–Crippen LogP) is 4.21. The highest BCUT2D eigenvalue weighted by atomic mass is 32.2. The van der Waals surface area contributed by atoms with Crippen molar-refractivity contribution < 1.29 is 22.7 Å². The number of thiophene rings is 1. The molecule has 0 spiro atoms. The average Bonchev–Trinajstić information content (AvgIpc) is 3.60. The van der Waals surface area contributed by atoms with Crippen LogP contribution in [-0.4, -0.2) is 75.9 Å². The molecule has 2 aliphatic rings. The Hall–Kier alpha value is -3.21. The number of methoxy groups -OCH3 is 1. The van der Waals surface area contributed by atoms with Crippen molar-refractivity contribution in [2.45, 2.75) is 30.9 Å². The molecule has 2 aromatic carbocycles. The van der Waals surface area contributed by atoms with Gasteiger partial charge in [-0.15, -0.1) is 11.3 Å². The van der Waals surface area contributed by atoms with Crippen molar-refractivity contribution >= 4 is 38.9 Å². The number of sulfonamides is 1. The lowest BCUT2D eigenvalue weighted by molar-refractivity contribution is -0.135. The van der Waals surface area contributed by atoms with Gasteiger partial charge in [0.25, 0.3) is 10.0 Å². The van der Waals surface area contributed by atoms with E-state index in [-0.39, 0.29) is 34.0 Å². The molecule has 1 aromatic heterocycles. The van der Waals surface area contributed by atoms with E-state index in [9.17, 15) is 18.0 Å². The first-order chi connectivity index (χ1) is 19.1. The van der Waals surface area contributed by atoms with E-state index in [0.717, 1.165) is 35.7 Å². The Balaban J connectivity index is 1.37. The molecule has 212 valence electrons. The van der Waals surface area contributed by atoms with Crippen LogP contribution < -0.4 is 4.90 Å². The second-order valence-electron chi connectivity index (χ2n) is 10.6. The van der Waals surface area contributed by atoms with Gasteiger partial charge in [0.2, 0.25) is 5.91 Å². The number of amides is 1. The van der Waals surface area contributed by atoms with E-state index in [0.29, 0.717) is 18.7 Å². The van der Waals surface area contributed by atoms with Gasteiger partial charge in [0.05, 0.1) is 13.0 Å². The maximum Gasteiger partial charge on any atom is 0.348 e. The lowest BCUT2D eigenvalue weighted by Gasteiger charge is -2.38. The van der Waals surface area contributed by atoms with Crippen molar-refractivity contribution in [3.63, 3.8) is 0 Å². The van der Waals surface area contributed by atoms with Gasteiger partial charge in [0.15, 0.2) is 0 Å². The zero-order valence-electron chi connectivity index (χ0n) is 23.3. The minimum absolute atomic E-state index is 0.00978. The third kappa shape index (κ3) is 5.40. The fraction of sp³-hybridized carbons (Fsp3) is 0.400. The molecule has 1 amide bonds. The Morgan fingerprint density at radius 3 is 2.23 bits per heavy atom. The summed E-state index contributed by atoms with van der Waals surface area (Å²) in [5, 5.41) is 0. The molecule has 0 radical (unpaired) electrons. The highest BCUT2D eigenvalue weighted by molar-refractivity contribution is 7.91.